The van der Waals surface area contributed by atoms with Crippen LogP contribution in [0.3, 0.4) is 0 Å². The van der Waals surface area contributed by atoms with Crippen molar-refractivity contribution in [3.8, 4) is 0 Å². The molecule has 0 amide bonds. The summed E-state index contributed by atoms with van der Waals surface area (Å²) in [5, 5.41) is 0. The molecule has 0 saturated carbocycles. The van der Waals surface area contributed by atoms with Gasteiger partial charge in [0.15, 0.2) is 11.2 Å². The van der Waals surface area contributed by atoms with Crippen molar-refractivity contribution in [1.29, 1.82) is 0 Å². The van der Waals surface area contributed by atoms with E-state index in [2.05, 4.69) is 0 Å². The molecule has 2 aromatic rings. The summed E-state index contributed by atoms with van der Waals surface area (Å²) in [7, 11) is 2.48. The largest absolute Gasteiger partial charge is 0.468 e. The van der Waals surface area contributed by atoms with E-state index in [-0.39, 0.29) is 25.2 Å². The van der Waals surface area contributed by atoms with Crippen LogP contribution in [0.2, 0.25) is 0 Å². The van der Waals surface area contributed by atoms with Gasteiger partial charge in [0.05, 0.1) is 26.9 Å². The summed E-state index contributed by atoms with van der Waals surface area (Å²) in [5.74, 6) is -2.29. The second-order valence-electron chi connectivity index (χ2n) is 8.08. The molecule has 1 fully saturated rings. The third kappa shape index (κ3) is 4.54. The minimum Gasteiger partial charge on any atom is -0.468 e. The van der Waals surface area contributed by atoms with Crippen LogP contribution in [0.5, 0.6) is 0 Å². The van der Waals surface area contributed by atoms with Gasteiger partial charge in [0.25, 0.3) is 0 Å². The van der Waals surface area contributed by atoms with E-state index in [0.717, 1.165) is 16.7 Å². The zero-order valence-electron chi connectivity index (χ0n) is 18.3. The first-order chi connectivity index (χ1) is 14.8. The maximum atomic E-state index is 13.0. The molecule has 0 spiro atoms. The SMILES string of the molecule is COC(=O)C1(C(=O)OC)C[C@H](c2ccc(C)cc2)OC[C@H]1CC(=O)c1ccc(C)cc1. The lowest BCUT2D eigenvalue weighted by molar-refractivity contribution is -0.189. The number of hydrogen-bond donors (Lipinski definition) is 0. The minimum atomic E-state index is -1.63. The lowest BCUT2D eigenvalue weighted by Gasteiger charge is -2.42. The summed E-state index contributed by atoms with van der Waals surface area (Å²) in [6.45, 7) is 3.97. The van der Waals surface area contributed by atoms with Crippen molar-refractivity contribution in [3.05, 3.63) is 70.8 Å². The quantitative estimate of drug-likeness (QED) is 0.396. The van der Waals surface area contributed by atoms with Crippen LogP contribution < -0.4 is 0 Å². The molecule has 31 heavy (non-hydrogen) atoms. The number of carbonyl (C=O) groups excluding carboxylic acids is 3. The van der Waals surface area contributed by atoms with Crippen LogP contribution >= 0.6 is 0 Å². The van der Waals surface area contributed by atoms with E-state index in [0.29, 0.717) is 5.56 Å². The molecule has 0 radical (unpaired) electrons. The molecule has 1 aliphatic heterocycles. The Morgan fingerprint density at radius 2 is 1.42 bits per heavy atom. The maximum absolute atomic E-state index is 13.0. The summed E-state index contributed by atoms with van der Waals surface area (Å²) >= 11 is 0. The number of benzene rings is 2. The number of ketones is 1. The molecule has 1 saturated heterocycles. The van der Waals surface area contributed by atoms with Gasteiger partial charge in [-0.3, -0.25) is 14.4 Å². The molecule has 6 nitrogen and oxygen atoms in total. The van der Waals surface area contributed by atoms with Gasteiger partial charge in [0.2, 0.25) is 0 Å². The van der Waals surface area contributed by atoms with Gasteiger partial charge in [-0.2, -0.15) is 0 Å². The van der Waals surface area contributed by atoms with Crippen LogP contribution in [-0.4, -0.2) is 38.5 Å². The zero-order valence-corrected chi connectivity index (χ0v) is 18.3. The van der Waals surface area contributed by atoms with E-state index >= 15 is 0 Å². The van der Waals surface area contributed by atoms with Gasteiger partial charge in [-0.15, -0.1) is 0 Å². The Labute approximate surface area is 182 Å². The topological polar surface area (TPSA) is 78.9 Å². The summed E-state index contributed by atoms with van der Waals surface area (Å²) in [6, 6.07) is 14.9. The number of rotatable bonds is 6. The normalized spacial score (nSPS) is 20.0. The Balaban J connectivity index is 1.95. The first kappa shape index (κ1) is 22.7. The maximum Gasteiger partial charge on any atom is 0.323 e. The zero-order chi connectivity index (χ0) is 22.6. The molecule has 0 bridgehead atoms. The van der Waals surface area contributed by atoms with Crippen molar-refractivity contribution in [2.45, 2.75) is 32.8 Å². The molecular weight excluding hydrogens is 396 g/mol. The van der Waals surface area contributed by atoms with E-state index in [1.54, 1.807) is 12.1 Å². The Bertz CT molecular complexity index is 929. The predicted molar refractivity (Wildman–Crippen MR) is 115 cm³/mol. The smallest absolute Gasteiger partial charge is 0.323 e. The van der Waals surface area contributed by atoms with E-state index in [9.17, 15) is 14.4 Å². The van der Waals surface area contributed by atoms with Gasteiger partial charge in [-0.1, -0.05) is 59.7 Å². The second-order valence-corrected chi connectivity index (χ2v) is 8.08. The van der Waals surface area contributed by atoms with E-state index in [4.69, 9.17) is 14.2 Å². The van der Waals surface area contributed by atoms with Gasteiger partial charge >= 0.3 is 11.9 Å². The average molecular weight is 424 g/mol. The molecule has 0 unspecified atom stereocenters. The highest BCUT2D eigenvalue weighted by Crippen LogP contribution is 2.47. The third-order valence-corrected chi connectivity index (χ3v) is 6.06. The Hall–Kier alpha value is -2.99. The first-order valence-electron chi connectivity index (χ1n) is 10.3. The third-order valence-electron chi connectivity index (χ3n) is 6.06. The molecule has 164 valence electrons. The van der Waals surface area contributed by atoms with Gasteiger partial charge in [-0.25, -0.2) is 0 Å². The molecule has 2 atom stereocenters. The lowest BCUT2D eigenvalue weighted by Crippen LogP contribution is -2.53. The van der Waals surface area contributed by atoms with Crippen molar-refractivity contribution in [3.63, 3.8) is 0 Å². The fraction of sp³-hybridized carbons (Fsp3) is 0.400. The number of aryl methyl sites for hydroxylation is 2. The molecule has 2 aromatic carbocycles. The van der Waals surface area contributed by atoms with Crippen molar-refractivity contribution in [2.24, 2.45) is 11.3 Å². The van der Waals surface area contributed by atoms with Crippen molar-refractivity contribution >= 4 is 17.7 Å². The Morgan fingerprint density at radius 3 is 1.94 bits per heavy atom. The van der Waals surface area contributed by atoms with E-state index in [1.807, 2.05) is 50.2 Å². The van der Waals surface area contributed by atoms with Crippen molar-refractivity contribution < 1.29 is 28.6 Å². The highest BCUT2D eigenvalue weighted by molar-refractivity contribution is 6.02. The van der Waals surface area contributed by atoms with Crippen LogP contribution in [0.15, 0.2) is 48.5 Å². The first-order valence-corrected chi connectivity index (χ1v) is 10.3. The number of methoxy groups -OCH3 is 2. The number of hydrogen-bond acceptors (Lipinski definition) is 6. The Kier molecular flexibility index (Phi) is 6.91. The molecular formula is C25H28O6. The number of carbonyl (C=O) groups is 3. The van der Waals surface area contributed by atoms with Crippen LogP contribution in [0.1, 0.15) is 46.0 Å². The molecule has 1 heterocycles. The molecule has 6 heteroatoms. The van der Waals surface area contributed by atoms with Crippen LogP contribution in [-0.2, 0) is 23.8 Å². The summed E-state index contributed by atoms with van der Waals surface area (Å²) in [6.07, 6.45) is -0.487. The summed E-state index contributed by atoms with van der Waals surface area (Å²) in [4.78, 5) is 39.0. The molecule has 0 N–H and O–H groups in total. The number of esters is 2. The van der Waals surface area contributed by atoms with Crippen molar-refractivity contribution in [1.82, 2.24) is 0 Å². The number of ether oxygens (including phenoxy) is 3. The fourth-order valence-corrected chi connectivity index (χ4v) is 4.15. The fourth-order valence-electron chi connectivity index (χ4n) is 4.15. The monoisotopic (exact) mass is 424 g/mol. The average Bonchev–Trinajstić information content (AvgIpc) is 2.79. The Morgan fingerprint density at radius 1 is 0.903 bits per heavy atom. The van der Waals surface area contributed by atoms with Crippen LogP contribution in [0, 0.1) is 25.2 Å². The summed E-state index contributed by atoms with van der Waals surface area (Å²) < 4.78 is 16.1. The molecule has 1 aliphatic rings. The van der Waals surface area contributed by atoms with Gasteiger partial charge in [-0.05, 0) is 19.4 Å². The van der Waals surface area contributed by atoms with E-state index < -0.39 is 29.4 Å². The van der Waals surface area contributed by atoms with E-state index in [1.165, 1.54) is 14.2 Å². The van der Waals surface area contributed by atoms with Crippen LogP contribution in [0.4, 0.5) is 0 Å². The van der Waals surface area contributed by atoms with Gasteiger partial charge < -0.3 is 14.2 Å². The lowest BCUT2D eigenvalue weighted by atomic mass is 9.67. The summed E-state index contributed by atoms with van der Waals surface area (Å²) in [5.41, 5.74) is 1.88. The molecule has 3 rings (SSSR count). The highest BCUT2D eigenvalue weighted by Gasteiger charge is 2.58. The standard InChI is InChI=1S/C25H28O6/c1-16-5-9-18(10-6-16)21(26)13-20-15-31-22(19-11-7-17(2)8-12-19)14-25(20,23(27)29-3)24(28)30-4/h5-12,20,22H,13-15H2,1-4H3/t20-,22-/m1/s1. The molecule has 0 aromatic heterocycles. The number of Topliss-reactive ketones (excluding diaryl/α,β-unsaturated/α-hetero) is 1. The second kappa shape index (κ2) is 9.43. The van der Waals surface area contributed by atoms with Gasteiger partial charge in [0.1, 0.15) is 0 Å². The van der Waals surface area contributed by atoms with Gasteiger partial charge in [0, 0.05) is 24.3 Å². The predicted octanol–water partition coefficient (Wildman–Crippen LogP) is 3.99. The highest BCUT2D eigenvalue weighted by atomic mass is 16.5. The van der Waals surface area contributed by atoms with Crippen LogP contribution in [0.25, 0.3) is 0 Å². The molecule has 0 aliphatic carbocycles. The van der Waals surface area contributed by atoms with Crippen molar-refractivity contribution in [2.75, 3.05) is 20.8 Å². The minimum absolute atomic E-state index is 0.0339.